The number of aromatic nitrogens is 1. The van der Waals surface area contributed by atoms with Crippen molar-refractivity contribution in [3.05, 3.63) is 70.5 Å². The number of hydrogen-bond donors (Lipinski definition) is 2. The number of phenolic OH excluding ortho intramolecular Hbond substituents is 1. The molecule has 0 saturated carbocycles. The monoisotopic (exact) mass is 318 g/mol. The average Bonchev–Trinajstić information content (AvgIpc) is 2.62. The van der Waals surface area contributed by atoms with Crippen molar-refractivity contribution in [3.63, 3.8) is 0 Å². The van der Waals surface area contributed by atoms with E-state index in [0.29, 0.717) is 16.8 Å². The zero-order valence-corrected chi connectivity index (χ0v) is 12.9. The first kappa shape index (κ1) is 15.4. The molecule has 2 N–H and O–H groups in total. The van der Waals surface area contributed by atoms with Crippen molar-refractivity contribution in [3.8, 4) is 40.0 Å². The number of nitriles is 1. The minimum Gasteiger partial charge on any atom is -0.504 e. The molecule has 0 aliphatic heterocycles. The van der Waals surface area contributed by atoms with E-state index in [2.05, 4.69) is 4.98 Å². The molecule has 24 heavy (non-hydrogen) atoms. The van der Waals surface area contributed by atoms with Crippen LogP contribution in [0.3, 0.4) is 0 Å². The van der Waals surface area contributed by atoms with Gasteiger partial charge in [0.25, 0.3) is 5.56 Å². The molecular formula is C19H14N2O3. The van der Waals surface area contributed by atoms with Crippen molar-refractivity contribution in [2.75, 3.05) is 7.11 Å². The summed E-state index contributed by atoms with van der Waals surface area (Å²) in [4.78, 5) is 15.0. The fourth-order valence-corrected chi connectivity index (χ4v) is 2.52. The van der Waals surface area contributed by atoms with Gasteiger partial charge >= 0.3 is 0 Å². The lowest BCUT2D eigenvalue weighted by molar-refractivity contribution is 0.373. The van der Waals surface area contributed by atoms with Gasteiger partial charge in [-0.25, -0.2) is 0 Å². The number of rotatable bonds is 3. The molecule has 1 aromatic heterocycles. The van der Waals surface area contributed by atoms with Crippen LogP contribution in [-0.2, 0) is 0 Å². The molecule has 0 aliphatic rings. The van der Waals surface area contributed by atoms with Gasteiger partial charge in [0, 0.05) is 11.3 Å². The number of methoxy groups -OCH3 is 1. The van der Waals surface area contributed by atoms with Gasteiger partial charge in [0.05, 0.1) is 7.11 Å². The van der Waals surface area contributed by atoms with Crippen molar-refractivity contribution in [2.45, 2.75) is 0 Å². The fourth-order valence-electron chi connectivity index (χ4n) is 2.52. The fraction of sp³-hybridized carbons (Fsp3) is 0.0526. The maximum atomic E-state index is 12.3. The molecule has 3 rings (SSSR count). The van der Waals surface area contributed by atoms with E-state index in [1.54, 1.807) is 18.2 Å². The molecule has 1 heterocycles. The van der Waals surface area contributed by atoms with Crippen molar-refractivity contribution in [2.24, 2.45) is 0 Å². The Morgan fingerprint density at radius 2 is 1.83 bits per heavy atom. The molecule has 5 heteroatoms. The van der Waals surface area contributed by atoms with Gasteiger partial charge in [-0.1, -0.05) is 36.4 Å². The highest BCUT2D eigenvalue weighted by Gasteiger charge is 2.14. The molecule has 5 nitrogen and oxygen atoms in total. The second-order valence-corrected chi connectivity index (χ2v) is 5.17. The highest BCUT2D eigenvalue weighted by molar-refractivity contribution is 5.76. The smallest absolute Gasteiger partial charge is 0.266 e. The topological polar surface area (TPSA) is 86.1 Å². The van der Waals surface area contributed by atoms with Crippen molar-refractivity contribution in [1.82, 2.24) is 4.98 Å². The quantitative estimate of drug-likeness (QED) is 0.776. The van der Waals surface area contributed by atoms with E-state index < -0.39 is 5.56 Å². The Balaban J connectivity index is 2.25. The lowest BCUT2D eigenvalue weighted by Crippen LogP contribution is -2.12. The maximum Gasteiger partial charge on any atom is 0.266 e. The molecule has 0 spiro atoms. The number of aromatic amines is 1. The second kappa shape index (κ2) is 6.31. The Labute approximate surface area is 138 Å². The highest BCUT2D eigenvalue weighted by atomic mass is 16.5. The van der Waals surface area contributed by atoms with Gasteiger partial charge in [0.15, 0.2) is 11.5 Å². The zero-order valence-electron chi connectivity index (χ0n) is 12.9. The predicted molar refractivity (Wildman–Crippen MR) is 90.9 cm³/mol. The summed E-state index contributed by atoms with van der Waals surface area (Å²) < 4.78 is 5.11. The van der Waals surface area contributed by atoms with Crippen LogP contribution in [0.5, 0.6) is 11.5 Å². The molecular weight excluding hydrogens is 304 g/mol. The number of nitrogens with one attached hydrogen (secondary N) is 1. The van der Waals surface area contributed by atoms with Crippen molar-refractivity contribution in [1.29, 1.82) is 5.26 Å². The molecule has 0 unspecified atom stereocenters. The summed E-state index contributed by atoms with van der Waals surface area (Å²) in [5, 5.41) is 19.1. The Morgan fingerprint density at radius 1 is 1.08 bits per heavy atom. The van der Waals surface area contributed by atoms with Crippen LogP contribution in [0, 0.1) is 11.3 Å². The summed E-state index contributed by atoms with van der Waals surface area (Å²) in [6.07, 6.45) is 0. The summed E-state index contributed by atoms with van der Waals surface area (Å²) >= 11 is 0. The standard InChI is InChI=1S/C19H14N2O3/c1-24-18-9-13(7-8-17(18)22)14-10-16(12-5-3-2-4-6-12)21-19(23)15(14)11-20/h2-10,22H,1H3,(H,21,23). The predicted octanol–water partition coefficient (Wildman–Crippen LogP) is 3.29. The van der Waals surface area contributed by atoms with E-state index in [0.717, 1.165) is 5.56 Å². The molecule has 0 bridgehead atoms. The van der Waals surface area contributed by atoms with Gasteiger partial charge in [0.2, 0.25) is 0 Å². The van der Waals surface area contributed by atoms with Crippen LogP contribution in [0.15, 0.2) is 59.4 Å². The molecule has 2 aromatic carbocycles. The van der Waals surface area contributed by atoms with Crippen LogP contribution in [0.25, 0.3) is 22.4 Å². The van der Waals surface area contributed by atoms with Crippen molar-refractivity contribution < 1.29 is 9.84 Å². The van der Waals surface area contributed by atoms with E-state index in [9.17, 15) is 15.2 Å². The van der Waals surface area contributed by atoms with E-state index in [1.807, 2.05) is 36.4 Å². The number of hydrogen-bond acceptors (Lipinski definition) is 4. The van der Waals surface area contributed by atoms with Crippen LogP contribution < -0.4 is 10.3 Å². The maximum absolute atomic E-state index is 12.3. The number of phenols is 1. The molecule has 118 valence electrons. The summed E-state index contributed by atoms with van der Waals surface area (Å²) in [7, 11) is 1.44. The zero-order chi connectivity index (χ0) is 17.1. The lowest BCUT2D eigenvalue weighted by atomic mass is 9.98. The van der Waals surface area contributed by atoms with Gasteiger partial charge in [-0.3, -0.25) is 4.79 Å². The molecule has 0 fully saturated rings. The minimum atomic E-state index is -0.458. The summed E-state index contributed by atoms with van der Waals surface area (Å²) in [6, 6.07) is 17.8. The number of aromatic hydroxyl groups is 1. The summed E-state index contributed by atoms with van der Waals surface area (Å²) in [5.41, 5.74) is 2.11. The van der Waals surface area contributed by atoms with Gasteiger partial charge in [-0.2, -0.15) is 5.26 Å². The van der Waals surface area contributed by atoms with E-state index in [1.165, 1.54) is 13.2 Å². The van der Waals surface area contributed by atoms with Gasteiger partial charge in [-0.15, -0.1) is 0 Å². The largest absolute Gasteiger partial charge is 0.504 e. The second-order valence-electron chi connectivity index (χ2n) is 5.17. The van der Waals surface area contributed by atoms with Crippen LogP contribution in [-0.4, -0.2) is 17.2 Å². The van der Waals surface area contributed by atoms with Gasteiger partial charge in [-0.05, 0) is 29.3 Å². The van der Waals surface area contributed by atoms with Gasteiger partial charge < -0.3 is 14.8 Å². The first-order chi connectivity index (χ1) is 11.6. The Kier molecular flexibility index (Phi) is 4.04. The third-order valence-corrected chi connectivity index (χ3v) is 3.72. The van der Waals surface area contributed by atoms with Crippen LogP contribution >= 0.6 is 0 Å². The normalized spacial score (nSPS) is 10.2. The Hall–Kier alpha value is -3.52. The molecule has 0 aliphatic carbocycles. The van der Waals surface area contributed by atoms with Crippen LogP contribution in [0.1, 0.15) is 5.56 Å². The van der Waals surface area contributed by atoms with E-state index >= 15 is 0 Å². The molecule has 3 aromatic rings. The molecule has 0 amide bonds. The first-order valence-electron chi connectivity index (χ1n) is 7.24. The number of H-pyrrole nitrogens is 1. The van der Waals surface area contributed by atoms with E-state index in [-0.39, 0.29) is 17.1 Å². The summed E-state index contributed by atoms with van der Waals surface area (Å²) in [5.74, 6) is 0.269. The van der Waals surface area contributed by atoms with E-state index in [4.69, 9.17) is 4.74 Å². The SMILES string of the molecule is COc1cc(-c2cc(-c3ccccc3)[nH]c(=O)c2C#N)ccc1O. The number of ether oxygens (including phenoxy) is 1. The number of benzene rings is 2. The average molecular weight is 318 g/mol. The molecule has 0 saturated heterocycles. The minimum absolute atomic E-state index is 0.00659. The third kappa shape index (κ3) is 2.73. The van der Waals surface area contributed by atoms with Gasteiger partial charge in [0.1, 0.15) is 11.6 Å². The summed E-state index contributed by atoms with van der Waals surface area (Å²) in [6.45, 7) is 0. The molecule has 0 radical (unpaired) electrons. The van der Waals surface area contributed by atoms with Crippen molar-refractivity contribution >= 4 is 0 Å². The lowest BCUT2D eigenvalue weighted by Gasteiger charge is -2.10. The molecule has 0 atom stereocenters. The highest BCUT2D eigenvalue weighted by Crippen LogP contribution is 2.33. The number of nitrogens with zero attached hydrogens (tertiary/aromatic N) is 1. The van der Waals surface area contributed by atoms with Crippen LogP contribution in [0.2, 0.25) is 0 Å². The van der Waals surface area contributed by atoms with Crippen LogP contribution in [0.4, 0.5) is 0 Å². The Morgan fingerprint density at radius 3 is 2.50 bits per heavy atom. The Bertz CT molecular complexity index is 986. The first-order valence-corrected chi connectivity index (χ1v) is 7.24. The third-order valence-electron chi connectivity index (χ3n) is 3.72. The number of pyridine rings is 1.